The Morgan fingerprint density at radius 1 is 0.648 bits per heavy atom. The standard InChI is InChI=1S/C37H33N9O8/c1-20(47)24(34(49)39-22-11-13-25-29(17-22)43-36(51)41-25)19-38-27-7-3-5-9-31(27)53-15-16-54-32-10-6-4-8-28(32)45-46-33(21(2)48)35(50)40-23-12-14-26-30(18-23)44-37(52)42-26/h3-14,17-19,24,33H,15-16H2,1-2H3,(H,39,49)(H,40,50)(H2,41,43,51)(H2,42,44,52). The number of anilines is 2. The third-order valence-corrected chi connectivity index (χ3v) is 7.89. The molecule has 17 heteroatoms. The zero-order valence-corrected chi connectivity index (χ0v) is 28.8. The van der Waals surface area contributed by atoms with Gasteiger partial charge in [0.15, 0.2) is 5.78 Å². The van der Waals surface area contributed by atoms with E-state index in [0.29, 0.717) is 50.6 Å². The van der Waals surface area contributed by atoms with Gasteiger partial charge in [-0.1, -0.05) is 24.3 Å². The maximum absolute atomic E-state index is 13.0. The number of rotatable bonds is 15. The lowest BCUT2D eigenvalue weighted by atomic mass is 10.1. The number of aliphatic imine (C=N–C) groups is 1. The molecular weight excluding hydrogens is 698 g/mol. The van der Waals surface area contributed by atoms with Crippen LogP contribution in [0.2, 0.25) is 0 Å². The molecule has 6 N–H and O–H groups in total. The maximum atomic E-state index is 13.0. The summed E-state index contributed by atoms with van der Waals surface area (Å²) in [5.41, 5.74) is 2.72. The highest BCUT2D eigenvalue weighted by molar-refractivity contribution is 6.17. The molecule has 2 unspecified atom stereocenters. The van der Waals surface area contributed by atoms with Crippen molar-refractivity contribution in [3.63, 3.8) is 0 Å². The number of nitrogens with one attached hydrogen (secondary N) is 6. The summed E-state index contributed by atoms with van der Waals surface area (Å²) in [5, 5.41) is 13.4. The van der Waals surface area contributed by atoms with Gasteiger partial charge in [0.1, 0.15) is 47.8 Å². The molecule has 0 aliphatic rings. The number of carbonyl (C=O) groups excluding carboxylic acids is 4. The number of hydrogen-bond acceptors (Lipinski definition) is 11. The van der Waals surface area contributed by atoms with Crippen molar-refractivity contribution in [3.8, 4) is 11.5 Å². The zero-order chi connectivity index (χ0) is 38.2. The second-order valence-corrected chi connectivity index (χ2v) is 11.9. The molecule has 2 atom stereocenters. The molecule has 0 spiro atoms. The average Bonchev–Trinajstić information content (AvgIpc) is 3.70. The van der Waals surface area contributed by atoms with E-state index in [1.165, 1.54) is 20.1 Å². The lowest BCUT2D eigenvalue weighted by molar-refractivity contribution is -0.128. The maximum Gasteiger partial charge on any atom is 0.323 e. The van der Waals surface area contributed by atoms with E-state index >= 15 is 0 Å². The highest BCUT2D eigenvalue weighted by atomic mass is 16.5. The summed E-state index contributed by atoms with van der Waals surface area (Å²) in [4.78, 5) is 88.7. The topological polar surface area (TPSA) is 245 Å². The van der Waals surface area contributed by atoms with Crippen molar-refractivity contribution >= 4 is 74.4 Å². The van der Waals surface area contributed by atoms with Crippen molar-refractivity contribution in [2.45, 2.75) is 19.9 Å². The zero-order valence-electron chi connectivity index (χ0n) is 28.8. The summed E-state index contributed by atoms with van der Waals surface area (Å²) >= 11 is 0. The van der Waals surface area contributed by atoms with Gasteiger partial charge in [0.2, 0.25) is 11.9 Å². The number of azo groups is 1. The molecule has 6 rings (SSSR count). The number of ether oxygens (including phenoxy) is 2. The fourth-order valence-corrected chi connectivity index (χ4v) is 5.25. The first-order valence-electron chi connectivity index (χ1n) is 16.5. The van der Waals surface area contributed by atoms with Crippen LogP contribution >= 0.6 is 0 Å². The van der Waals surface area contributed by atoms with Gasteiger partial charge < -0.3 is 40.0 Å². The molecule has 2 amide bonds. The molecule has 17 nitrogen and oxygen atoms in total. The van der Waals surface area contributed by atoms with Crippen molar-refractivity contribution in [1.82, 2.24) is 19.9 Å². The van der Waals surface area contributed by atoms with E-state index in [2.05, 4.69) is 45.8 Å². The minimum atomic E-state index is -1.45. The van der Waals surface area contributed by atoms with Gasteiger partial charge >= 0.3 is 11.4 Å². The Morgan fingerprint density at radius 2 is 1.15 bits per heavy atom. The lowest BCUT2D eigenvalue weighted by Crippen LogP contribution is -2.31. The first-order valence-corrected chi connectivity index (χ1v) is 16.5. The van der Waals surface area contributed by atoms with Gasteiger partial charge in [0, 0.05) is 17.6 Å². The third-order valence-electron chi connectivity index (χ3n) is 7.89. The van der Waals surface area contributed by atoms with E-state index in [-0.39, 0.29) is 24.6 Å². The Hall–Kier alpha value is -7.43. The molecule has 0 saturated carbocycles. The highest BCUT2D eigenvalue weighted by Gasteiger charge is 2.24. The Morgan fingerprint density at radius 3 is 1.70 bits per heavy atom. The van der Waals surface area contributed by atoms with Gasteiger partial charge in [0.05, 0.1) is 22.1 Å². The average molecular weight is 732 g/mol. The van der Waals surface area contributed by atoms with Crippen molar-refractivity contribution < 1.29 is 28.7 Å². The van der Waals surface area contributed by atoms with Gasteiger partial charge in [-0.25, -0.2) is 9.59 Å². The van der Waals surface area contributed by atoms with Gasteiger partial charge in [-0.05, 0) is 74.5 Å². The predicted molar refractivity (Wildman–Crippen MR) is 200 cm³/mol. The lowest BCUT2D eigenvalue weighted by Gasteiger charge is -2.13. The Balaban J connectivity index is 1.06. The smallest absolute Gasteiger partial charge is 0.323 e. The minimum absolute atomic E-state index is 0.0557. The van der Waals surface area contributed by atoms with Gasteiger partial charge in [0.25, 0.3) is 5.91 Å². The molecule has 0 radical (unpaired) electrons. The van der Waals surface area contributed by atoms with Crippen LogP contribution in [-0.2, 0) is 19.2 Å². The molecule has 274 valence electrons. The number of benzene rings is 4. The monoisotopic (exact) mass is 731 g/mol. The molecule has 0 fully saturated rings. The summed E-state index contributed by atoms with van der Waals surface area (Å²) in [5.74, 6) is -2.80. The van der Waals surface area contributed by atoms with Crippen LogP contribution in [0.25, 0.3) is 22.1 Å². The van der Waals surface area contributed by atoms with Gasteiger partial charge in [-0.3, -0.25) is 24.2 Å². The van der Waals surface area contributed by atoms with E-state index in [0.717, 1.165) is 0 Å². The molecule has 0 bridgehead atoms. The number of ketones is 2. The SMILES string of the molecule is CC(=O)C(C=Nc1ccccc1OCCOc1ccccc1N=NC(C(C)=O)C(=O)Nc1ccc2[nH]c(=O)[nH]c2c1)C(=O)Nc1ccc2[nH]c(=O)[nH]c2c1. The Kier molecular flexibility index (Phi) is 11.0. The quantitative estimate of drug-likeness (QED) is 0.0373. The van der Waals surface area contributed by atoms with Crippen molar-refractivity contribution in [2.75, 3.05) is 23.8 Å². The first kappa shape index (κ1) is 36.4. The number of aromatic amines is 4. The number of fused-ring (bicyclic) bond motifs is 2. The Labute approximate surface area is 304 Å². The number of nitrogens with zero attached hydrogens (tertiary/aromatic N) is 3. The first-order chi connectivity index (χ1) is 26.0. The normalized spacial score (nSPS) is 12.6. The molecule has 6 aromatic rings. The predicted octanol–water partition coefficient (Wildman–Crippen LogP) is 4.71. The van der Waals surface area contributed by atoms with Crippen molar-refractivity contribution in [1.29, 1.82) is 0 Å². The second kappa shape index (κ2) is 16.3. The number of imidazole rings is 2. The van der Waals surface area contributed by atoms with Gasteiger partial charge in [-0.2, -0.15) is 10.2 Å². The van der Waals surface area contributed by atoms with Crippen LogP contribution in [0.1, 0.15) is 13.8 Å². The van der Waals surface area contributed by atoms with Crippen LogP contribution in [0.3, 0.4) is 0 Å². The van der Waals surface area contributed by atoms with E-state index < -0.39 is 41.0 Å². The van der Waals surface area contributed by atoms with E-state index in [9.17, 15) is 28.8 Å². The molecule has 2 heterocycles. The van der Waals surface area contributed by atoms with E-state index in [1.54, 1.807) is 84.9 Å². The van der Waals surface area contributed by atoms with Crippen LogP contribution in [-0.4, -0.2) is 68.8 Å². The van der Waals surface area contributed by atoms with Crippen LogP contribution < -0.4 is 31.5 Å². The fraction of sp³-hybridized carbons (Fsp3) is 0.162. The summed E-state index contributed by atoms with van der Waals surface area (Å²) in [6, 6.07) is 21.6. The molecule has 0 aliphatic carbocycles. The van der Waals surface area contributed by atoms with Crippen molar-refractivity contribution in [3.05, 3.63) is 106 Å². The molecule has 2 aromatic heterocycles. The van der Waals surface area contributed by atoms with Gasteiger partial charge in [-0.15, -0.1) is 0 Å². The van der Waals surface area contributed by atoms with Crippen LogP contribution in [0.15, 0.2) is 110 Å². The van der Waals surface area contributed by atoms with E-state index in [1.807, 2.05) is 0 Å². The number of Topliss-reactive ketones (excluding diaryl/α,β-unsaturated/α-hetero) is 2. The number of aromatic nitrogens is 4. The minimum Gasteiger partial charge on any atom is -0.488 e. The largest absolute Gasteiger partial charge is 0.488 e. The van der Waals surface area contributed by atoms with Crippen LogP contribution in [0.4, 0.5) is 22.7 Å². The molecule has 4 aromatic carbocycles. The van der Waals surface area contributed by atoms with Crippen molar-refractivity contribution in [2.24, 2.45) is 21.1 Å². The summed E-state index contributed by atoms with van der Waals surface area (Å²) in [6.07, 6.45) is 1.24. The summed E-state index contributed by atoms with van der Waals surface area (Å²) in [6.45, 7) is 2.63. The molecule has 54 heavy (non-hydrogen) atoms. The molecule has 0 saturated heterocycles. The number of H-pyrrole nitrogens is 4. The van der Waals surface area contributed by atoms with Crippen LogP contribution in [0.5, 0.6) is 11.5 Å². The molecule has 0 aliphatic heterocycles. The Bertz CT molecular complexity index is 2370. The number of amides is 2. The number of para-hydroxylation sites is 3. The number of carbonyl (C=O) groups is 4. The number of hydrogen-bond donors (Lipinski definition) is 6. The highest BCUT2D eigenvalue weighted by Crippen LogP contribution is 2.29. The molecular formula is C37H33N9O8. The second-order valence-electron chi connectivity index (χ2n) is 11.9. The van der Waals surface area contributed by atoms with Crippen LogP contribution in [0, 0.1) is 5.92 Å². The third kappa shape index (κ3) is 8.89. The summed E-state index contributed by atoms with van der Waals surface area (Å²) in [7, 11) is 0. The van der Waals surface area contributed by atoms with E-state index in [4.69, 9.17) is 9.47 Å². The fourth-order valence-electron chi connectivity index (χ4n) is 5.25. The summed E-state index contributed by atoms with van der Waals surface area (Å²) < 4.78 is 11.8.